The molecular formula is C25H22ClN3O2. The predicted octanol–water partition coefficient (Wildman–Crippen LogP) is 5.17. The van der Waals surface area contributed by atoms with Crippen LogP contribution in [0, 0.1) is 6.92 Å². The van der Waals surface area contributed by atoms with Gasteiger partial charge in [0.2, 0.25) is 0 Å². The first-order valence-electron chi connectivity index (χ1n) is 9.93. The molecule has 1 atom stereocenters. The molecule has 0 spiro atoms. The first kappa shape index (κ1) is 20.8. The number of hydrogen-bond donors (Lipinski definition) is 3. The summed E-state index contributed by atoms with van der Waals surface area (Å²) >= 11 is 6.04. The van der Waals surface area contributed by atoms with E-state index in [1.54, 1.807) is 30.5 Å². The summed E-state index contributed by atoms with van der Waals surface area (Å²) in [4.78, 5) is 20.4. The summed E-state index contributed by atoms with van der Waals surface area (Å²) in [5, 5.41) is 13.2. The maximum absolute atomic E-state index is 12.8. The molecule has 0 aliphatic rings. The van der Waals surface area contributed by atoms with E-state index in [0.717, 1.165) is 33.5 Å². The van der Waals surface area contributed by atoms with E-state index in [2.05, 4.69) is 15.3 Å². The average Bonchev–Trinajstić information content (AvgIpc) is 3.28. The third-order valence-corrected chi connectivity index (χ3v) is 5.39. The van der Waals surface area contributed by atoms with Gasteiger partial charge in [-0.2, -0.15) is 0 Å². The van der Waals surface area contributed by atoms with Crippen molar-refractivity contribution in [2.45, 2.75) is 13.0 Å². The lowest BCUT2D eigenvalue weighted by atomic mass is 10.0. The molecule has 0 radical (unpaired) electrons. The highest BCUT2D eigenvalue weighted by atomic mass is 35.5. The minimum Gasteiger partial charge on any atom is -0.394 e. The zero-order valence-electron chi connectivity index (χ0n) is 17.0. The smallest absolute Gasteiger partial charge is 0.268 e. The number of amides is 1. The number of nitrogens with one attached hydrogen (secondary N) is 2. The molecule has 31 heavy (non-hydrogen) atoms. The summed E-state index contributed by atoms with van der Waals surface area (Å²) < 4.78 is 0. The molecule has 4 rings (SSSR count). The van der Waals surface area contributed by atoms with Crippen molar-refractivity contribution in [1.29, 1.82) is 0 Å². The number of rotatable bonds is 6. The number of carbonyl (C=O) groups is 1. The number of aliphatic hydroxyl groups is 1. The third-order valence-electron chi connectivity index (χ3n) is 5.15. The molecule has 2 heterocycles. The van der Waals surface area contributed by atoms with Crippen molar-refractivity contribution in [3.05, 3.63) is 101 Å². The molecule has 156 valence electrons. The quantitative estimate of drug-likeness (QED) is 0.394. The SMILES string of the molecule is Cc1cnc(-c2ccccc2)cc1-c1c[nH]c(C(=O)NC(CO)c2cccc(Cl)c2)c1. The van der Waals surface area contributed by atoms with E-state index in [9.17, 15) is 9.90 Å². The summed E-state index contributed by atoms with van der Waals surface area (Å²) in [5.41, 5.74) is 5.96. The van der Waals surface area contributed by atoms with Gasteiger partial charge in [0.05, 0.1) is 18.3 Å². The summed E-state index contributed by atoms with van der Waals surface area (Å²) in [6.07, 6.45) is 3.64. The third kappa shape index (κ3) is 4.68. The normalized spacial score (nSPS) is 11.8. The fraction of sp³-hybridized carbons (Fsp3) is 0.120. The predicted molar refractivity (Wildman–Crippen MR) is 123 cm³/mol. The number of nitrogens with zero attached hydrogens (tertiary/aromatic N) is 1. The number of pyridine rings is 1. The van der Waals surface area contributed by atoms with Crippen LogP contribution in [-0.4, -0.2) is 27.6 Å². The molecular weight excluding hydrogens is 410 g/mol. The first-order chi connectivity index (χ1) is 15.0. The van der Waals surface area contributed by atoms with E-state index in [0.29, 0.717) is 10.7 Å². The molecule has 5 nitrogen and oxygen atoms in total. The first-order valence-corrected chi connectivity index (χ1v) is 10.3. The van der Waals surface area contributed by atoms with Crippen LogP contribution >= 0.6 is 11.6 Å². The monoisotopic (exact) mass is 431 g/mol. The van der Waals surface area contributed by atoms with Crippen LogP contribution in [0.1, 0.15) is 27.7 Å². The Hall–Kier alpha value is -3.41. The highest BCUT2D eigenvalue weighted by Gasteiger charge is 2.17. The molecule has 0 bridgehead atoms. The fourth-order valence-electron chi connectivity index (χ4n) is 3.48. The number of halogens is 1. The van der Waals surface area contributed by atoms with Gasteiger partial charge in [-0.15, -0.1) is 0 Å². The van der Waals surface area contributed by atoms with Crippen molar-refractivity contribution in [2.24, 2.45) is 0 Å². The molecule has 0 aliphatic heterocycles. The number of aromatic nitrogens is 2. The van der Waals surface area contributed by atoms with Crippen LogP contribution < -0.4 is 5.32 Å². The Kier molecular flexibility index (Phi) is 6.16. The number of carbonyl (C=O) groups excluding carboxylic acids is 1. The molecule has 3 N–H and O–H groups in total. The second-order valence-corrected chi connectivity index (χ2v) is 7.75. The second-order valence-electron chi connectivity index (χ2n) is 7.32. The van der Waals surface area contributed by atoms with Gasteiger partial charge in [0.25, 0.3) is 5.91 Å². The van der Waals surface area contributed by atoms with Gasteiger partial charge in [0.1, 0.15) is 5.69 Å². The zero-order valence-corrected chi connectivity index (χ0v) is 17.7. The average molecular weight is 432 g/mol. The van der Waals surface area contributed by atoms with Crippen molar-refractivity contribution < 1.29 is 9.90 Å². The standard InChI is InChI=1S/C25H22ClN3O2/c1-16-13-27-22(17-6-3-2-4-7-17)12-21(16)19-11-23(28-14-19)25(31)29-24(15-30)18-8-5-9-20(26)10-18/h2-14,24,28,30H,15H2,1H3,(H,29,31). The van der Waals surface area contributed by atoms with E-state index in [-0.39, 0.29) is 12.5 Å². The van der Waals surface area contributed by atoms with E-state index in [1.807, 2.05) is 55.6 Å². The Labute approximate surface area is 185 Å². The number of hydrogen-bond acceptors (Lipinski definition) is 3. The van der Waals surface area contributed by atoms with Gasteiger partial charge in [-0.3, -0.25) is 9.78 Å². The number of H-pyrrole nitrogens is 1. The minimum absolute atomic E-state index is 0.233. The summed E-state index contributed by atoms with van der Waals surface area (Å²) in [6.45, 7) is 1.76. The van der Waals surface area contributed by atoms with Gasteiger partial charge >= 0.3 is 0 Å². The molecule has 6 heteroatoms. The minimum atomic E-state index is -0.551. The fourth-order valence-corrected chi connectivity index (χ4v) is 3.67. The van der Waals surface area contributed by atoms with Crippen LogP contribution in [0.3, 0.4) is 0 Å². The molecule has 2 aromatic heterocycles. The van der Waals surface area contributed by atoms with Crippen molar-refractivity contribution in [2.75, 3.05) is 6.61 Å². The number of aliphatic hydroxyl groups excluding tert-OH is 1. The zero-order chi connectivity index (χ0) is 21.8. The Morgan fingerprint density at radius 1 is 1.10 bits per heavy atom. The van der Waals surface area contributed by atoms with E-state index >= 15 is 0 Å². The van der Waals surface area contributed by atoms with Crippen molar-refractivity contribution >= 4 is 17.5 Å². The maximum atomic E-state index is 12.8. The van der Waals surface area contributed by atoms with Gasteiger partial charge in [-0.1, -0.05) is 54.1 Å². The largest absolute Gasteiger partial charge is 0.394 e. The molecule has 1 unspecified atom stereocenters. The molecule has 4 aromatic rings. The highest BCUT2D eigenvalue weighted by molar-refractivity contribution is 6.30. The van der Waals surface area contributed by atoms with Crippen molar-refractivity contribution in [1.82, 2.24) is 15.3 Å². The van der Waals surface area contributed by atoms with Crippen LogP contribution in [0.25, 0.3) is 22.4 Å². The van der Waals surface area contributed by atoms with Gasteiger partial charge in [-0.05, 0) is 47.9 Å². The molecule has 0 aliphatic carbocycles. The summed E-state index contributed by atoms with van der Waals surface area (Å²) in [5.74, 6) is -0.305. The van der Waals surface area contributed by atoms with Crippen molar-refractivity contribution in [3.63, 3.8) is 0 Å². The van der Waals surface area contributed by atoms with Crippen molar-refractivity contribution in [3.8, 4) is 22.4 Å². The maximum Gasteiger partial charge on any atom is 0.268 e. The molecule has 2 aromatic carbocycles. The number of aromatic amines is 1. The highest BCUT2D eigenvalue weighted by Crippen LogP contribution is 2.28. The Balaban J connectivity index is 1.57. The summed E-state index contributed by atoms with van der Waals surface area (Å²) in [6, 6.07) is 20.3. The van der Waals surface area contributed by atoms with E-state index in [1.165, 1.54) is 0 Å². The number of aryl methyl sites for hydroxylation is 1. The van der Waals surface area contributed by atoms with Crippen LogP contribution in [0.5, 0.6) is 0 Å². The van der Waals surface area contributed by atoms with Crippen LogP contribution in [-0.2, 0) is 0 Å². The van der Waals surface area contributed by atoms with Crippen LogP contribution in [0.15, 0.2) is 79.1 Å². The number of benzene rings is 2. The van der Waals surface area contributed by atoms with Gasteiger partial charge in [-0.25, -0.2) is 0 Å². The Bertz CT molecular complexity index is 1200. The second kappa shape index (κ2) is 9.16. The molecule has 1 amide bonds. The molecule has 0 saturated heterocycles. The van der Waals surface area contributed by atoms with Crippen LogP contribution in [0.4, 0.5) is 0 Å². The Morgan fingerprint density at radius 2 is 1.90 bits per heavy atom. The Morgan fingerprint density at radius 3 is 2.65 bits per heavy atom. The lowest BCUT2D eigenvalue weighted by Gasteiger charge is -2.16. The topological polar surface area (TPSA) is 78.0 Å². The molecule has 0 saturated carbocycles. The van der Waals surface area contributed by atoms with Gasteiger partial charge in [0.15, 0.2) is 0 Å². The lowest BCUT2D eigenvalue weighted by molar-refractivity contribution is 0.0912. The van der Waals surface area contributed by atoms with Gasteiger partial charge < -0.3 is 15.4 Å². The van der Waals surface area contributed by atoms with Crippen LogP contribution in [0.2, 0.25) is 5.02 Å². The molecule has 0 fully saturated rings. The summed E-state index contributed by atoms with van der Waals surface area (Å²) in [7, 11) is 0. The lowest BCUT2D eigenvalue weighted by Crippen LogP contribution is -2.31. The van der Waals surface area contributed by atoms with E-state index in [4.69, 9.17) is 11.6 Å². The van der Waals surface area contributed by atoms with Gasteiger partial charge in [0, 0.05) is 28.5 Å². The van der Waals surface area contributed by atoms with E-state index < -0.39 is 6.04 Å².